The maximum Gasteiger partial charge on any atom is 0.234 e. The summed E-state index contributed by atoms with van der Waals surface area (Å²) in [5.41, 5.74) is 1.14. The van der Waals surface area contributed by atoms with Crippen LogP contribution in [0.25, 0.3) is 0 Å². The fraction of sp³-hybridized carbons (Fsp3) is 0.417. The molecule has 0 saturated carbocycles. The summed E-state index contributed by atoms with van der Waals surface area (Å²) in [6, 6.07) is 8.06. The predicted octanol–water partition coefficient (Wildman–Crippen LogP) is 1.36. The van der Waals surface area contributed by atoms with Gasteiger partial charge in [-0.3, -0.25) is 4.79 Å². The number of carbonyl (C=O) groups is 1. The summed E-state index contributed by atoms with van der Waals surface area (Å²) in [6.07, 6.45) is 1.81. The third-order valence-corrected chi connectivity index (χ3v) is 3.13. The van der Waals surface area contributed by atoms with Crippen molar-refractivity contribution in [3.05, 3.63) is 34.9 Å². The van der Waals surface area contributed by atoms with Crippen molar-refractivity contribution >= 4 is 17.5 Å². The van der Waals surface area contributed by atoms with Crippen LogP contribution in [0.5, 0.6) is 0 Å². The number of aryl methyl sites for hydroxylation is 1. The van der Waals surface area contributed by atoms with E-state index in [4.69, 9.17) is 11.6 Å². The lowest BCUT2D eigenvalue weighted by Gasteiger charge is -2.24. The molecule has 1 unspecified atom stereocenters. The van der Waals surface area contributed by atoms with E-state index < -0.39 is 0 Å². The number of rotatable bonds is 3. The highest BCUT2D eigenvalue weighted by molar-refractivity contribution is 6.31. The van der Waals surface area contributed by atoms with Crippen LogP contribution >= 0.6 is 11.6 Å². The lowest BCUT2D eigenvalue weighted by molar-refractivity contribution is -0.122. The molecule has 0 radical (unpaired) electrons. The van der Waals surface area contributed by atoms with Crippen LogP contribution in [-0.2, 0) is 11.2 Å². The quantitative estimate of drug-likeness (QED) is 0.835. The predicted molar refractivity (Wildman–Crippen MR) is 64.6 cm³/mol. The van der Waals surface area contributed by atoms with Crippen molar-refractivity contribution in [1.29, 1.82) is 0 Å². The monoisotopic (exact) mass is 238 g/mol. The summed E-state index contributed by atoms with van der Waals surface area (Å²) in [5, 5.41) is 6.86. The first-order chi connectivity index (χ1) is 7.75. The molecule has 2 N–H and O–H groups in total. The second-order valence-electron chi connectivity index (χ2n) is 4.03. The first-order valence-electron chi connectivity index (χ1n) is 5.49. The molecule has 0 aliphatic carbocycles. The number of amides is 1. The third-order valence-electron chi connectivity index (χ3n) is 2.76. The number of nitrogens with one attached hydrogen (secondary N) is 2. The van der Waals surface area contributed by atoms with Crippen molar-refractivity contribution in [2.45, 2.75) is 18.9 Å². The van der Waals surface area contributed by atoms with Gasteiger partial charge in [-0.1, -0.05) is 29.8 Å². The number of carbonyl (C=O) groups excluding carboxylic acids is 1. The maximum atomic E-state index is 11.2. The molecule has 86 valence electrons. The molecule has 1 amide bonds. The van der Waals surface area contributed by atoms with Crippen LogP contribution in [0.1, 0.15) is 12.0 Å². The summed E-state index contributed by atoms with van der Waals surface area (Å²) in [6.45, 7) is 1.28. The average Bonchev–Trinajstić information content (AvgIpc) is 2.28. The zero-order valence-corrected chi connectivity index (χ0v) is 9.76. The molecule has 1 aliphatic heterocycles. The van der Waals surface area contributed by atoms with Gasteiger partial charge in [0.25, 0.3) is 0 Å². The standard InChI is InChI=1S/C12H15ClN2O/c13-11-4-2-1-3-9(11)5-6-10-7-14-8-12(16)15-10/h1-4,10,14H,5-8H2,(H,15,16). The Kier molecular flexibility index (Phi) is 3.80. The Balaban J connectivity index is 1.87. The van der Waals surface area contributed by atoms with Crippen LogP contribution in [-0.4, -0.2) is 25.0 Å². The Labute approximate surface area is 100 Å². The van der Waals surface area contributed by atoms with Crippen molar-refractivity contribution in [2.24, 2.45) is 0 Å². The number of hydrogen-bond donors (Lipinski definition) is 2. The van der Waals surface area contributed by atoms with E-state index in [9.17, 15) is 4.79 Å². The number of piperazine rings is 1. The van der Waals surface area contributed by atoms with Gasteiger partial charge in [0.15, 0.2) is 0 Å². The number of hydrogen-bond acceptors (Lipinski definition) is 2. The first-order valence-corrected chi connectivity index (χ1v) is 5.87. The van der Waals surface area contributed by atoms with Gasteiger partial charge in [-0.25, -0.2) is 0 Å². The normalized spacial score (nSPS) is 20.6. The Morgan fingerprint density at radius 2 is 2.19 bits per heavy atom. The van der Waals surface area contributed by atoms with Gasteiger partial charge in [0.05, 0.1) is 6.54 Å². The van der Waals surface area contributed by atoms with Gasteiger partial charge in [0.1, 0.15) is 0 Å². The van der Waals surface area contributed by atoms with E-state index in [1.807, 2.05) is 24.3 Å². The van der Waals surface area contributed by atoms with Crippen molar-refractivity contribution < 1.29 is 4.79 Å². The van der Waals surface area contributed by atoms with Crippen LogP contribution in [0.3, 0.4) is 0 Å². The van der Waals surface area contributed by atoms with E-state index in [-0.39, 0.29) is 11.9 Å². The molecule has 3 nitrogen and oxygen atoms in total. The molecule has 1 aliphatic rings. The van der Waals surface area contributed by atoms with E-state index in [0.29, 0.717) is 6.54 Å². The van der Waals surface area contributed by atoms with Crippen molar-refractivity contribution in [1.82, 2.24) is 10.6 Å². The fourth-order valence-electron chi connectivity index (χ4n) is 1.89. The van der Waals surface area contributed by atoms with Crippen LogP contribution in [0.2, 0.25) is 5.02 Å². The largest absolute Gasteiger partial charge is 0.351 e. The summed E-state index contributed by atoms with van der Waals surface area (Å²) < 4.78 is 0. The second-order valence-corrected chi connectivity index (χ2v) is 4.43. The molecule has 1 aromatic rings. The smallest absolute Gasteiger partial charge is 0.234 e. The molecule has 0 aromatic heterocycles. The van der Waals surface area contributed by atoms with E-state index >= 15 is 0 Å². The highest BCUT2D eigenvalue weighted by Crippen LogP contribution is 2.17. The molecule has 1 heterocycles. The third kappa shape index (κ3) is 2.97. The van der Waals surface area contributed by atoms with Crippen molar-refractivity contribution in [3.8, 4) is 0 Å². The van der Waals surface area contributed by atoms with E-state index in [1.165, 1.54) is 0 Å². The topological polar surface area (TPSA) is 41.1 Å². The number of halogens is 1. The van der Waals surface area contributed by atoms with E-state index in [0.717, 1.165) is 30.0 Å². The SMILES string of the molecule is O=C1CNCC(CCc2ccccc2Cl)N1. The summed E-state index contributed by atoms with van der Waals surface area (Å²) in [5.74, 6) is 0.0791. The Hall–Kier alpha value is -1.06. The summed E-state index contributed by atoms with van der Waals surface area (Å²) >= 11 is 6.07. The Morgan fingerprint density at radius 3 is 2.94 bits per heavy atom. The van der Waals surface area contributed by atoms with Gasteiger partial charge in [-0.15, -0.1) is 0 Å². The molecule has 1 atom stereocenters. The van der Waals surface area contributed by atoms with E-state index in [2.05, 4.69) is 10.6 Å². The first kappa shape index (κ1) is 11.4. The van der Waals surface area contributed by atoms with Gasteiger partial charge in [0.2, 0.25) is 5.91 Å². The minimum absolute atomic E-state index is 0.0791. The summed E-state index contributed by atoms with van der Waals surface area (Å²) in [7, 11) is 0. The van der Waals surface area contributed by atoms with Crippen LogP contribution in [0, 0.1) is 0 Å². The average molecular weight is 239 g/mol. The minimum Gasteiger partial charge on any atom is -0.351 e. The molecule has 1 saturated heterocycles. The molecule has 1 aromatic carbocycles. The molecule has 2 rings (SSSR count). The second kappa shape index (κ2) is 5.32. The molecular weight excluding hydrogens is 224 g/mol. The van der Waals surface area contributed by atoms with Crippen molar-refractivity contribution in [2.75, 3.05) is 13.1 Å². The fourth-order valence-corrected chi connectivity index (χ4v) is 2.12. The molecule has 1 fully saturated rings. The zero-order valence-electron chi connectivity index (χ0n) is 9.00. The van der Waals surface area contributed by atoms with Gasteiger partial charge < -0.3 is 10.6 Å². The van der Waals surface area contributed by atoms with Gasteiger partial charge in [-0.2, -0.15) is 0 Å². The van der Waals surface area contributed by atoms with Crippen LogP contribution in [0.15, 0.2) is 24.3 Å². The lowest BCUT2D eigenvalue weighted by atomic mass is 10.0. The molecule has 0 bridgehead atoms. The van der Waals surface area contributed by atoms with Gasteiger partial charge >= 0.3 is 0 Å². The minimum atomic E-state index is 0.0791. The van der Waals surface area contributed by atoms with Crippen LogP contribution in [0.4, 0.5) is 0 Å². The number of benzene rings is 1. The van der Waals surface area contributed by atoms with E-state index in [1.54, 1.807) is 0 Å². The van der Waals surface area contributed by atoms with Gasteiger partial charge in [-0.05, 0) is 24.5 Å². The summed E-state index contributed by atoms with van der Waals surface area (Å²) in [4.78, 5) is 11.2. The van der Waals surface area contributed by atoms with Crippen molar-refractivity contribution in [3.63, 3.8) is 0 Å². The van der Waals surface area contributed by atoms with Crippen LogP contribution < -0.4 is 10.6 Å². The lowest BCUT2D eigenvalue weighted by Crippen LogP contribution is -2.52. The Morgan fingerprint density at radius 1 is 1.38 bits per heavy atom. The Bertz CT molecular complexity index is 381. The molecule has 0 spiro atoms. The highest BCUT2D eigenvalue weighted by Gasteiger charge is 2.17. The molecular formula is C12H15ClN2O. The maximum absolute atomic E-state index is 11.2. The zero-order chi connectivity index (χ0) is 11.4. The van der Waals surface area contributed by atoms with Gasteiger partial charge in [0, 0.05) is 17.6 Å². The molecule has 16 heavy (non-hydrogen) atoms. The molecule has 4 heteroatoms. The highest BCUT2D eigenvalue weighted by atomic mass is 35.5.